The van der Waals surface area contributed by atoms with Crippen LogP contribution < -0.4 is 10.4 Å². The molecule has 3 aromatic rings. The molecule has 0 aliphatic carbocycles. The lowest BCUT2D eigenvalue weighted by Crippen LogP contribution is -2.19. The SMILES string of the molecule is CCCCCc1ccc(-c2cc3ccc(OCCCC(F)(F)CCCOC(=O)C(C)C)cc3oc2=O)c(CC)c1. The molecular formula is C33H42F2O5. The zero-order valence-electron chi connectivity index (χ0n) is 24.2. The number of rotatable bonds is 16. The topological polar surface area (TPSA) is 65.7 Å². The lowest BCUT2D eigenvalue weighted by atomic mass is 9.94. The molecule has 2 aromatic carbocycles. The molecule has 1 heterocycles. The molecule has 7 heteroatoms. The molecule has 40 heavy (non-hydrogen) atoms. The Morgan fingerprint density at radius 1 is 0.925 bits per heavy atom. The largest absolute Gasteiger partial charge is 0.493 e. The Morgan fingerprint density at radius 2 is 1.68 bits per heavy atom. The van der Waals surface area contributed by atoms with Gasteiger partial charge < -0.3 is 13.9 Å². The Hall–Kier alpha value is -3.22. The summed E-state index contributed by atoms with van der Waals surface area (Å²) in [5.74, 6) is -3.05. The number of carbonyl (C=O) groups is 1. The Labute approximate surface area is 235 Å². The summed E-state index contributed by atoms with van der Waals surface area (Å²) < 4.78 is 44.6. The normalized spacial score (nSPS) is 11.8. The van der Waals surface area contributed by atoms with Gasteiger partial charge in [0.1, 0.15) is 11.3 Å². The number of fused-ring (bicyclic) bond motifs is 1. The van der Waals surface area contributed by atoms with E-state index in [9.17, 15) is 18.4 Å². The summed E-state index contributed by atoms with van der Waals surface area (Å²) in [6.07, 6.45) is 4.98. The number of halogens is 2. The third kappa shape index (κ3) is 9.17. The van der Waals surface area contributed by atoms with Gasteiger partial charge in [0, 0.05) is 24.3 Å². The van der Waals surface area contributed by atoms with Crippen LogP contribution in [-0.4, -0.2) is 25.1 Å². The number of hydrogen-bond donors (Lipinski definition) is 0. The molecule has 218 valence electrons. The number of ether oxygens (including phenoxy) is 2. The monoisotopic (exact) mass is 556 g/mol. The van der Waals surface area contributed by atoms with Gasteiger partial charge in [-0.05, 0) is 67.0 Å². The number of alkyl halides is 2. The van der Waals surface area contributed by atoms with Crippen molar-refractivity contribution in [3.8, 4) is 16.9 Å². The molecule has 0 spiro atoms. The molecule has 0 fully saturated rings. The van der Waals surface area contributed by atoms with E-state index in [1.807, 2.05) is 18.2 Å². The lowest BCUT2D eigenvalue weighted by Gasteiger charge is -2.16. The first kappa shape index (κ1) is 31.3. The van der Waals surface area contributed by atoms with Crippen molar-refractivity contribution in [2.24, 2.45) is 5.92 Å². The van der Waals surface area contributed by atoms with E-state index < -0.39 is 11.5 Å². The van der Waals surface area contributed by atoms with Gasteiger partial charge in [-0.3, -0.25) is 4.79 Å². The molecule has 0 atom stereocenters. The number of carbonyl (C=O) groups excluding carboxylic acids is 1. The molecule has 0 aliphatic heterocycles. The minimum Gasteiger partial charge on any atom is -0.493 e. The Bertz CT molecular complexity index is 1310. The van der Waals surface area contributed by atoms with Crippen molar-refractivity contribution in [1.29, 1.82) is 0 Å². The number of hydrogen-bond acceptors (Lipinski definition) is 5. The minimum atomic E-state index is -2.86. The molecule has 3 rings (SSSR count). The van der Waals surface area contributed by atoms with Crippen LogP contribution in [0, 0.1) is 5.92 Å². The van der Waals surface area contributed by atoms with E-state index >= 15 is 0 Å². The Kier molecular flexibility index (Phi) is 11.7. The van der Waals surface area contributed by atoms with E-state index in [0.717, 1.165) is 35.8 Å². The van der Waals surface area contributed by atoms with Crippen molar-refractivity contribution in [2.75, 3.05) is 13.2 Å². The highest BCUT2D eigenvalue weighted by molar-refractivity contribution is 5.83. The third-order valence-corrected chi connectivity index (χ3v) is 6.98. The minimum absolute atomic E-state index is 0.00275. The fourth-order valence-electron chi connectivity index (χ4n) is 4.62. The molecule has 5 nitrogen and oxygen atoms in total. The highest BCUT2D eigenvalue weighted by Gasteiger charge is 2.27. The standard InChI is InChI=1S/C33H42F2O5/c1-5-7-8-11-24-12-15-28(25(6-2)20-24)29-21-26-13-14-27(22-30(26)40-32(29)37)38-18-9-16-33(34,35)17-10-19-39-31(36)23(3)4/h12-15,20-23H,5-11,16-19H2,1-4H3. The van der Waals surface area contributed by atoms with Gasteiger partial charge in [0.2, 0.25) is 5.92 Å². The van der Waals surface area contributed by atoms with Crippen LogP contribution in [0.4, 0.5) is 8.78 Å². The first-order valence-electron chi connectivity index (χ1n) is 14.5. The van der Waals surface area contributed by atoms with Crippen molar-refractivity contribution < 1.29 is 27.5 Å². The number of esters is 1. The molecule has 0 bridgehead atoms. The van der Waals surface area contributed by atoms with Crippen LogP contribution in [0.3, 0.4) is 0 Å². The van der Waals surface area contributed by atoms with Crippen molar-refractivity contribution >= 4 is 16.9 Å². The average molecular weight is 557 g/mol. The lowest BCUT2D eigenvalue weighted by molar-refractivity contribution is -0.148. The predicted octanol–water partition coefficient (Wildman–Crippen LogP) is 8.53. The number of aryl methyl sites for hydroxylation is 2. The quantitative estimate of drug-likeness (QED) is 0.100. The summed E-state index contributed by atoms with van der Waals surface area (Å²) in [5, 5.41) is 0.765. The fourth-order valence-corrected chi connectivity index (χ4v) is 4.62. The van der Waals surface area contributed by atoms with E-state index in [1.54, 1.807) is 26.0 Å². The number of unbranched alkanes of at least 4 members (excludes halogenated alkanes) is 2. The zero-order chi connectivity index (χ0) is 29.1. The van der Waals surface area contributed by atoms with Gasteiger partial charge in [-0.15, -0.1) is 0 Å². The summed E-state index contributed by atoms with van der Waals surface area (Å²) in [5.41, 5.74) is 3.79. The first-order chi connectivity index (χ1) is 19.1. The summed E-state index contributed by atoms with van der Waals surface area (Å²) in [7, 11) is 0. The Morgan fingerprint density at radius 3 is 2.38 bits per heavy atom. The van der Waals surface area contributed by atoms with Gasteiger partial charge in [-0.1, -0.05) is 58.7 Å². The molecule has 0 aliphatic rings. The summed E-state index contributed by atoms with van der Waals surface area (Å²) in [4.78, 5) is 24.4. The van der Waals surface area contributed by atoms with Crippen molar-refractivity contribution in [1.82, 2.24) is 0 Å². The van der Waals surface area contributed by atoms with Crippen LogP contribution in [0.25, 0.3) is 22.1 Å². The highest BCUT2D eigenvalue weighted by Crippen LogP contribution is 2.29. The second-order valence-electron chi connectivity index (χ2n) is 10.7. The van der Waals surface area contributed by atoms with Crippen molar-refractivity contribution in [2.45, 2.75) is 91.4 Å². The zero-order valence-corrected chi connectivity index (χ0v) is 24.2. The van der Waals surface area contributed by atoms with E-state index in [-0.39, 0.29) is 50.8 Å². The molecule has 1 aromatic heterocycles. The molecule has 0 saturated heterocycles. The van der Waals surface area contributed by atoms with Crippen LogP contribution in [0.1, 0.15) is 83.8 Å². The van der Waals surface area contributed by atoms with E-state index in [1.165, 1.54) is 18.4 Å². The molecule has 0 N–H and O–H groups in total. The summed E-state index contributed by atoms with van der Waals surface area (Å²) >= 11 is 0. The van der Waals surface area contributed by atoms with Crippen LogP contribution >= 0.6 is 0 Å². The van der Waals surface area contributed by atoms with Gasteiger partial charge in [0.15, 0.2) is 0 Å². The molecule has 0 radical (unpaired) electrons. The Balaban J connectivity index is 1.58. The van der Waals surface area contributed by atoms with Crippen LogP contribution in [0.5, 0.6) is 5.75 Å². The van der Waals surface area contributed by atoms with Crippen molar-refractivity contribution in [3.05, 3.63) is 64.0 Å². The predicted molar refractivity (Wildman–Crippen MR) is 155 cm³/mol. The first-order valence-corrected chi connectivity index (χ1v) is 14.5. The summed E-state index contributed by atoms with van der Waals surface area (Å²) in [6, 6.07) is 13.3. The third-order valence-electron chi connectivity index (χ3n) is 6.98. The van der Waals surface area contributed by atoms with Gasteiger partial charge in [0.05, 0.1) is 24.7 Å². The average Bonchev–Trinajstić information content (AvgIpc) is 2.93. The van der Waals surface area contributed by atoms with Gasteiger partial charge >= 0.3 is 11.6 Å². The molecule has 0 saturated carbocycles. The van der Waals surface area contributed by atoms with Crippen LogP contribution in [-0.2, 0) is 22.4 Å². The number of benzene rings is 2. The van der Waals surface area contributed by atoms with Gasteiger partial charge in [0.25, 0.3) is 0 Å². The second kappa shape index (κ2) is 15.0. The van der Waals surface area contributed by atoms with Crippen LogP contribution in [0.15, 0.2) is 51.7 Å². The highest BCUT2D eigenvalue weighted by atomic mass is 19.3. The van der Waals surface area contributed by atoms with E-state index in [0.29, 0.717) is 16.9 Å². The van der Waals surface area contributed by atoms with E-state index in [4.69, 9.17) is 13.9 Å². The molecular weight excluding hydrogens is 514 g/mol. The summed E-state index contributed by atoms with van der Waals surface area (Å²) in [6.45, 7) is 7.79. The molecule has 0 unspecified atom stereocenters. The fraction of sp³-hybridized carbons (Fsp3) is 0.515. The van der Waals surface area contributed by atoms with E-state index in [2.05, 4.69) is 26.0 Å². The van der Waals surface area contributed by atoms with Crippen molar-refractivity contribution in [3.63, 3.8) is 0 Å². The van der Waals surface area contributed by atoms with Crippen LogP contribution in [0.2, 0.25) is 0 Å². The maximum absolute atomic E-state index is 14.2. The smallest absolute Gasteiger partial charge is 0.344 e. The second-order valence-corrected chi connectivity index (χ2v) is 10.7. The maximum Gasteiger partial charge on any atom is 0.344 e. The maximum atomic E-state index is 14.2. The van der Waals surface area contributed by atoms with Gasteiger partial charge in [-0.2, -0.15) is 0 Å². The van der Waals surface area contributed by atoms with Gasteiger partial charge in [-0.25, -0.2) is 13.6 Å². The molecule has 0 amide bonds.